The molecule has 0 nitrogen and oxygen atoms in total. The van der Waals surface area contributed by atoms with Gasteiger partial charge in [-0.25, -0.2) is 0 Å². The minimum atomic E-state index is 0.475. The lowest BCUT2D eigenvalue weighted by Gasteiger charge is -2.23. The first kappa shape index (κ1) is 13.6. The molecule has 3 unspecified atom stereocenters. The number of hydrogen-bond donors (Lipinski definition) is 0. The van der Waals surface area contributed by atoms with Crippen LogP contribution in [0.5, 0.6) is 0 Å². The molecule has 2 aromatic carbocycles. The first-order chi connectivity index (χ1) is 9.18. The topological polar surface area (TPSA) is 0 Å². The molecular formula is C17H18Br2. The van der Waals surface area contributed by atoms with Crippen molar-refractivity contribution in [3.63, 3.8) is 0 Å². The SMILES string of the molecule is CC1CCCC1C(Br)c1ccc(Br)c2ccccc12. The Hall–Kier alpha value is -0.340. The third-order valence-corrected chi connectivity index (χ3v) is 6.37. The van der Waals surface area contributed by atoms with Crippen molar-refractivity contribution < 1.29 is 0 Å². The number of rotatable bonds is 2. The third-order valence-electron chi connectivity index (χ3n) is 4.51. The normalized spacial score (nSPS) is 24.8. The Kier molecular flexibility index (Phi) is 4.00. The van der Waals surface area contributed by atoms with Crippen molar-refractivity contribution in [2.24, 2.45) is 11.8 Å². The first-order valence-corrected chi connectivity index (χ1v) is 8.70. The average molecular weight is 382 g/mol. The zero-order valence-electron chi connectivity index (χ0n) is 11.1. The summed E-state index contributed by atoms with van der Waals surface area (Å²) < 4.78 is 1.19. The lowest BCUT2D eigenvalue weighted by atomic mass is 9.89. The van der Waals surface area contributed by atoms with Crippen LogP contribution in [0, 0.1) is 11.8 Å². The summed E-state index contributed by atoms with van der Waals surface area (Å²) in [4.78, 5) is 0.475. The van der Waals surface area contributed by atoms with Crippen LogP contribution in [0.4, 0.5) is 0 Å². The molecule has 100 valence electrons. The second kappa shape index (κ2) is 5.57. The molecule has 0 aromatic heterocycles. The molecule has 2 aromatic rings. The Morgan fingerprint density at radius 3 is 2.47 bits per heavy atom. The number of hydrogen-bond acceptors (Lipinski definition) is 0. The summed E-state index contributed by atoms with van der Waals surface area (Å²) in [5.74, 6) is 1.59. The second-order valence-corrected chi connectivity index (χ2v) is 7.50. The molecule has 0 bridgehead atoms. The van der Waals surface area contributed by atoms with Gasteiger partial charge in [0.15, 0.2) is 0 Å². The smallest absolute Gasteiger partial charge is 0.0432 e. The molecule has 2 heteroatoms. The Morgan fingerprint density at radius 1 is 1.05 bits per heavy atom. The molecule has 1 aliphatic carbocycles. The van der Waals surface area contributed by atoms with E-state index >= 15 is 0 Å². The van der Waals surface area contributed by atoms with Crippen LogP contribution in [-0.2, 0) is 0 Å². The van der Waals surface area contributed by atoms with Crippen molar-refractivity contribution in [1.29, 1.82) is 0 Å². The molecule has 1 fully saturated rings. The van der Waals surface area contributed by atoms with Crippen LogP contribution in [0.2, 0.25) is 0 Å². The van der Waals surface area contributed by atoms with E-state index in [0.29, 0.717) is 4.83 Å². The number of fused-ring (bicyclic) bond motifs is 1. The van der Waals surface area contributed by atoms with Gasteiger partial charge in [0.05, 0.1) is 0 Å². The first-order valence-electron chi connectivity index (χ1n) is 6.99. The van der Waals surface area contributed by atoms with Gasteiger partial charge in [-0.05, 0) is 40.7 Å². The van der Waals surface area contributed by atoms with E-state index in [1.54, 1.807) is 0 Å². The van der Waals surface area contributed by atoms with Gasteiger partial charge in [0, 0.05) is 9.30 Å². The summed E-state index contributed by atoms with van der Waals surface area (Å²) in [6.07, 6.45) is 4.10. The van der Waals surface area contributed by atoms with Gasteiger partial charge in [0.1, 0.15) is 0 Å². The van der Waals surface area contributed by atoms with E-state index in [1.165, 1.54) is 40.1 Å². The lowest BCUT2D eigenvalue weighted by molar-refractivity contribution is 0.415. The highest BCUT2D eigenvalue weighted by Crippen LogP contribution is 2.46. The summed E-state index contributed by atoms with van der Waals surface area (Å²) in [6, 6.07) is 13.1. The van der Waals surface area contributed by atoms with Crippen LogP contribution in [0.1, 0.15) is 36.6 Å². The summed E-state index contributed by atoms with van der Waals surface area (Å²) in [5.41, 5.74) is 1.44. The van der Waals surface area contributed by atoms with Crippen molar-refractivity contribution >= 4 is 42.6 Å². The summed E-state index contributed by atoms with van der Waals surface area (Å²) >= 11 is 7.64. The van der Waals surface area contributed by atoms with Gasteiger partial charge in [-0.1, -0.05) is 82.0 Å². The summed E-state index contributed by atoms with van der Waals surface area (Å²) in [7, 11) is 0. The van der Waals surface area contributed by atoms with Crippen LogP contribution in [0.15, 0.2) is 40.9 Å². The molecule has 0 spiro atoms. The van der Waals surface area contributed by atoms with E-state index in [9.17, 15) is 0 Å². The van der Waals surface area contributed by atoms with Gasteiger partial charge < -0.3 is 0 Å². The van der Waals surface area contributed by atoms with Crippen LogP contribution in [-0.4, -0.2) is 0 Å². The maximum Gasteiger partial charge on any atom is 0.0432 e. The molecule has 0 N–H and O–H groups in total. The van der Waals surface area contributed by atoms with E-state index in [2.05, 4.69) is 75.2 Å². The molecule has 0 heterocycles. The minimum Gasteiger partial charge on any atom is -0.0835 e. The zero-order valence-corrected chi connectivity index (χ0v) is 14.2. The summed E-state index contributed by atoms with van der Waals surface area (Å²) in [5, 5.41) is 2.69. The molecular weight excluding hydrogens is 364 g/mol. The van der Waals surface area contributed by atoms with Crippen molar-refractivity contribution in [2.75, 3.05) is 0 Å². The van der Waals surface area contributed by atoms with Gasteiger partial charge in [-0.2, -0.15) is 0 Å². The maximum atomic E-state index is 3.98. The standard InChI is InChI=1S/C17H18Br2/c1-11-5-4-8-12(11)17(19)15-9-10-16(18)14-7-3-2-6-13(14)15/h2-3,6-7,9-12,17H,4-5,8H2,1H3. The lowest BCUT2D eigenvalue weighted by Crippen LogP contribution is -2.10. The van der Waals surface area contributed by atoms with E-state index < -0.39 is 0 Å². The van der Waals surface area contributed by atoms with Gasteiger partial charge >= 0.3 is 0 Å². The van der Waals surface area contributed by atoms with Crippen molar-refractivity contribution in [3.8, 4) is 0 Å². The minimum absolute atomic E-state index is 0.475. The van der Waals surface area contributed by atoms with Crippen LogP contribution >= 0.6 is 31.9 Å². The maximum absolute atomic E-state index is 3.98. The third kappa shape index (κ3) is 2.50. The van der Waals surface area contributed by atoms with E-state index in [-0.39, 0.29) is 0 Å². The molecule has 19 heavy (non-hydrogen) atoms. The van der Waals surface area contributed by atoms with Crippen LogP contribution in [0.25, 0.3) is 10.8 Å². The predicted octanol–water partition coefficient (Wildman–Crippen LogP) is 6.47. The predicted molar refractivity (Wildman–Crippen MR) is 89.8 cm³/mol. The largest absolute Gasteiger partial charge is 0.0835 e. The van der Waals surface area contributed by atoms with Gasteiger partial charge in [-0.15, -0.1) is 0 Å². The Balaban J connectivity index is 2.07. The number of benzene rings is 2. The van der Waals surface area contributed by atoms with Crippen molar-refractivity contribution in [1.82, 2.24) is 0 Å². The fourth-order valence-electron chi connectivity index (χ4n) is 3.37. The average Bonchev–Trinajstić information content (AvgIpc) is 2.85. The molecule has 0 saturated heterocycles. The molecule has 1 saturated carbocycles. The fourth-order valence-corrected chi connectivity index (χ4v) is 5.03. The van der Waals surface area contributed by atoms with Crippen molar-refractivity contribution in [3.05, 3.63) is 46.4 Å². The Labute approximate surface area is 131 Å². The highest BCUT2D eigenvalue weighted by Gasteiger charge is 2.31. The molecule has 3 atom stereocenters. The van der Waals surface area contributed by atoms with Gasteiger partial charge in [0.2, 0.25) is 0 Å². The molecule has 0 amide bonds. The van der Waals surface area contributed by atoms with Gasteiger partial charge in [0.25, 0.3) is 0 Å². The van der Waals surface area contributed by atoms with Gasteiger partial charge in [-0.3, -0.25) is 0 Å². The monoisotopic (exact) mass is 380 g/mol. The Bertz CT molecular complexity index is 591. The molecule has 0 aliphatic heterocycles. The second-order valence-electron chi connectivity index (χ2n) is 5.66. The van der Waals surface area contributed by atoms with E-state index in [1.807, 2.05) is 0 Å². The van der Waals surface area contributed by atoms with Crippen LogP contribution < -0.4 is 0 Å². The summed E-state index contributed by atoms with van der Waals surface area (Å²) in [6.45, 7) is 2.40. The highest BCUT2D eigenvalue weighted by atomic mass is 79.9. The zero-order chi connectivity index (χ0) is 13.4. The quantitative estimate of drug-likeness (QED) is 0.522. The van der Waals surface area contributed by atoms with E-state index in [0.717, 1.165) is 11.8 Å². The number of halogens is 2. The molecule has 0 radical (unpaired) electrons. The number of alkyl halides is 1. The molecule has 3 rings (SSSR count). The molecule has 1 aliphatic rings. The highest BCUT2D eigenvalue weighted by molar-refractivity contribution is 9.10. The Morgan fingerprint density at radius 2 is 1.79 bits per heavy atom. The van der Waals surface area contributed by atoms with Crippen LogP contribution in [0.3, 0.4) is 0 Å². The fraction of sp³-hybridized carbons (Fsp3) is 0.412. The van der Waals surface area contributed by atoms with E-state index in [4.69, 9.17) is 0 Å². The van der Waals surface area contributed by atoms with Crippen molar-refractivity contribution in [2.45, 2.75) is 31.0 Å².